The van der Waals surface area contributed by atoms with Gasteiger partial charge in [-0.3, -0.25) is 11.3 Å². The van der Waals surface area contributed by atoms with Crippen LogP contribution in [0.1, 0.15) is 58.3 Å². The van der Waals surface area contributed by atoms with Gasteiger partial charge in [0.1, 0.15) is 0 Å². The molecule has 2 heteroatoms. The molecule has 98 valence electrons. The minimum absolute atomic E-state index is 0.635. The Morgan fingerprint density at radius 3 is 2.06 bits per heavy atom. The van der Waals surface area contributed by atoms with Crippen LogP contribution in [-0.4, -0.2) is 6.04 Å². The molecule has 3 rings (SSSR count). The largest absolute Gasteiger partial charge is 0.271 e. The van der Waals surface area contributed by atoms with E-state index in [0.717, 1.165) is 29.6 Å². The predicted octanol–water partition coefficient (Wildman–Crippen LogP) is 3.08. The van der Waals surface area contributed by atoms with E-state index in [1.807, 2.05) is 0 Å². The second kappa shape index (κ2) is 4.89. The molecule has 3 aliphatic carbocycles. The summed E-state index contributed by atoms with van der Waals surface area (Å²) in [5.41, 5.74) is 3.20. The van der Waals surface area contributed by atoms with E-state index in [1.54, 1.807) is 0 Å². The molecule has 0 radical (unpaired) electrons. The van der Waals surface area contributed by atoms with Gasteiger partial charge in [0.25, 0.3) is 0 Å². The first kappa shape index (κ1) is 12.0. The van der Waals surface area contributed by atoms with Crippen LogP contribution in [0.25, 0.3) is 0 Å². The topological polar surface area (TPSA) is 38.0 Å². The molecule has 17 heavy (non-hydrogen) atoms. The van der Waals surface area contributed by atoms with E-state index in [-0.39, 0.29) is 0 Å². The van der Waals surface area contributed by atoms with E-state index < -0.39 is 0 Å². The Bertz CT molecular complexity index is 246. The Labute approximate surface area is 106 Å². The van der Waals surface area contributed by atoms with Crippen LogP contribution in [0, 0.1) is 29.6 Å². The maximum Gasteiger partial charge on any atom is 0.0272 e. The SMILES string of the molecule is CC1CCC(C(NN)C2C3CCCCC32)CC1. The van der Waals surface area contributed by atoms with Crippen molar-refractivity contribution in [3.8, 4) is 0 Å². The summed E-state index contributed by atoms with van der Waals surface area (Å²) in [6, 6.07) is 0.635. The quantitative estimate of drug-likeness (QED) is 0.584. The van der Waals surface area contributed by atoms with E-state index in [9.17, 15) is 0 Å². The minimum atomic E-state index is 0.635. The normalized spacial score (nSPS) is 47.3. The van der Waals surface area contributed by atoms with Crippen LogP contribution >= 0.6 is 0 Å². The van der Waals surface area contributed by atoms with Crippen LogP contribution in [0.15, 0.2) is 0 Å². The third-order valence-electron chi connectivity index (χ3n) is 5.90. The summed E-state index contributed by atoms with van der Waals surface area (Å²) >= 11 is 0. The van der Waals surface area contributed by atoms with E-state index in [2.05, 4.69) is 12.3 Å². The number of hydrogen-bond donors (Lipinski definition) is 2. The van der Waals surface area contributed by atoms with Gasteiger partial charge < -0.3 is 0 Å². The smallest absolute Gasteiger partial charge is 0.0272 e. The molecule has 0 amide bonds. The summed E-state index contributed by atoms with van der Waals surface area (Å²) in [5, 5.41) is 0. The van der Waals surface area contributed by atoms with Gasteiger partial charge in [-0.05, 0) is 55.3 Å². The van der Waals surface area contributed by atoms with Gasteiger partial charge in [-0.2, -0.15) is 0 Å². The molecular weight excluding hydrogens is 208 g/mol. The second-order valence-corrected chi connectivity index (χ2v) is 6.90. The number of hydrazine groups is 1. The van der Waals surface area contributed by atoms with E-state index in [4.69, 9.17) is 5.84 Å². The van der Waals surface area contributed by atoms with Gasteiger partial charge in [-0.25, -0.2) is 0 Å². The summed E-state index contributed by atoms with van der Waals surface area (Å²) in [7, 11) is 0. The Morgan fingerprint density at radius 1 is 0.941 bits per heavy atom. The molecule has 3 unspecified atom stereocenters. The van der Waals surface area contributed by atoms with Gasteiger partial charge in [0.15, 0.2) is 0 Å². The van der Waals surface area contributed by atoms with Gasteiger partial charge >= 0.3 is 0 Å². The van der Waals surface area contributed by atoms with Gasteiger partial charge in [-0.1, -0.05) is 32.6 Å². The van der Waals surface area contributed by atoms with Crippen molar-refractivity contribution in [2.75, 3.05) is 0 Å². The highest BCUT2D eigenvalue weighted by molar-refractivity contribution is 5.06. The van der Waals surface area contributed by atoms with Crippen molar-refractivity contribution in [2.24, 2.45) is 35.4 Å². The van der Waals surface area contributed by atoms with Crippen LogP contribution in [-0.2, 0) is 0 Å². The molecule has 0 aliphatic heterocycles. The summed E-state index contributed by atoms with van der Waals surface area (Å²) < 4.78 is 0. The highest BCUT2D eigenvalue weighted by Crippen LogP contribution is 2.58. The van der Waals surface area contributed by atoms with Gasteiger partial charge in [0.2, 0.25) is 0 Å². The number of hydrogen-bond acceptors (Lipinski definition) is 2. The molecule has 0 aromatic carbocycles. The lowest BCUT2D eigenvalue weighted by molar-refractivity contribution is 0.207. The monoisotopic (exact) mass is 236 g/mol. The Hall–Kier alpha value is -0.0800. The maximum absolute atomic E-state index is 5.88. The van der Waals surface area contributed by atoms with Crippen LogP contribution in [0.2, 0.25) is 0 Å². The zero-order valence-electron chi connectivity index (χ0n) is 11.2. The lowest BCUT2D eigenvalue weighted by atomic mass is 9.77. The Balaban J connectivity index is 1.60. The minimum Gasteiger partial charge on any atom is -0.271 e. The molecule has 0 bridgehead atoms. The number of rotatable bonds is 3. The molecule has 0 aromatic heterocycles. The first-order chi connectivity index (χ1) is 8.31. The zero-order valence-corrected chi connectivity index (χ0v) is 11.2. The van der Waals surface area contributed by atoms with Crippen LogP contribution in [0.3, 0.4) is 0 Å². The first-order valence-corrected chi connectivity index (χ1v) is 7.77. The standard InChI is InChI=1S/C15H28N2/c1-10-6-8-11(9-7-10)15(17-16)14-12-4-2-3-5-13(12)14/h10-15,17H,2-9,16H2,1H3. The molecule has 0 spiro atoms. The fraction of sp³-hybridized carbons (Fsp3) is 1.00. The number of fused-ring (bicyclic) bond motifs is 1. The highest BCUT2D eigenvalue weighted by Gasteiger charge is 2.55. The lowest BCUT2D eigenvalue weighted by Crippen LogP contribution is -2.44. The Morgan fingerprint density at radius 2 is 1.53 bits per heavy atom. The third kappa shape index (κ3) is 2.26. The first-order valence-electron chi connectivity index (χ1n) is 7.77. The third-order valence-corrected chi connectivity index (χ3v) is 5.90. The molecule has 3 N–H and O–H groups in total. The summed E-state index contributed by atoms with van der Waals surface area (Å²) in [4.78, 5) is 0. The number of nitrogens with one attached hydrogen (secondary N) is 1. The van der Waals surface area contributed by atoms with Crippen LogP contribution in [0.4, 0.5) is 0 Å². The molecule has 0 saturated heterocycles. The molecule has 0 heterocycles. The van der Waals surface area contributed by atoms with Crippen LogP contribution < -0.4 is 11.3 Å². The van der Waals surface area contributed by atoms with Gasteiger partial charge in [0, 0.05) is 6.04 Å². The molecule has 0 aromatic rings. The van der Waals surface area contributed by atoms with Crippen molar-refractivity contribution in [1.82, 2.24) is 5.43 Å². The second-order valence-electron chi connectivity index (χ2n) is 6.90. The summed E-state index contributed by atoms with van der Waals surface area (Å²) in [5.74, 6) is 10.7. The van der Waals surface area contributed by atoms with E-state index in [1.165, 1.54) is 51.4 Å². The number of nitrogens with two attached hydrogens (primary N) is 1. The summed E-state index contributed by atoms with van der Waals surface area (Å²) in [6.07, 6.45) is 11.6. The molecule has 3 fully saturated rings. The molecule has 3 aliphatic rings. The lowest BCUT2D eigenvalue weighted by Gasteiger charge is -2.33. The van der Waals surface area contributed by atoms with E-state index >= 15 is 0 Å². The summed E-state index contributed by atoms with van der Waals surface area (Å²) in [6.45, 7) is 2.40. The average Bonchev–Trinajstić information content (AvgIpc) is 3.07. The van der Waals surface area contributed by atoms with Crippen molar-refractivity contribution in [3.63, 3.8) is 0 Å². The molecule has 3 saturated carbocycles. The van der Waals surface area contributed by atoms with E-state index in [0.29, 0.717) is 6.04 Å². The fourth-order valence-corrected chi connectivity index (χ4v) is 4.79. The highest BCUT2D eigenvalue weighted by atomic mass is 15.2. The fourth-order valence-electron chi connectivity index (χ4n) is 4.79. The molecule has 2 nitrogen and oxygen atoms in total. The van der Waals surface area contributed by atoms with Crippen molar-refractivity contribution in [3.05, 3.63) is 0 Å². The molecule has 3 atom stereocenters. The van der Waals surface area contributed by atoms with Gasteiger partial charge in [0.05, 0.1) is 0 Å². The molecular formula is C15H28N2. The van der Waals surface area contributed by atoms with Crippen molar-refractivity contribution in [2.45, 2.75) is 64.3 Å². The van der Waals surface area contributed by atoms with Crippen molar-refractivity contribution >= 4 is 0 Å². The van der Waals surface area contributed by atoms with Crippen molar-refractivity contribution in [1.29, 1.82) is 0 Å². The van der Waals surface area contributed by atoms with Crippen LogP contribution in [0.5, 0.6) is 0 Å². The average molecular weight is 236 g/mol. The maximum atomic E-state index is 5.88. The van der Waals surface area contributed by atoms with Gasteiger partial charge in [-0.15, -0.1) is 0 Å². The predicted molar refractivity (Wildman–Crippen MR) is 71.2 cm³/mol. The Kier molecular flexibility index (Phi) is 3.45. The zero-order chi connectivity index (χ0) is 11.8. The van der Waals surface area contributed by atoms with Crippen molar-refractivity contribution < 1.29 is 0 Å².